The lowest BCUT2D eigenvalue weighted by molar-refractivity contribution is 0.304. The molecule has 0 fully saturated rings. The number of hydrogen-bond acceptors (Lipinski definition) is 2. The van der Waals surface area contributed by atoms with Crippen molar-refractivity contribution in [3.05, 3.63) is 63.1 Å². The highest BCUT2D eigenvalue weighted by atomic mass is 79.9. The zero-order chi connectivity index (χ0) is 16.2. The molecule has 0 bridgehead atoms. The second-order valence-electron chi connectivity index (χ2n) is 6.28. The number of ether oxygens (including phenoxy) is 1. The van der Waals surface area contributed by atoms with Gasteiger partial charge in [0.05, 0.1) is 4.47 Å². The molecular formula is C18H21BrClNO. The molecule has 0 spiro atoms. The van der Waals surface area contributed by atoms with Crippen molar-refractivity contribution in [2.75, 3.05) is 0 Å². The average Bonchev–Trinajstić information content (AvgIpc) is 2.45. The van der Waals surface area contributed by atoms with E-state index in [1.807, 2.05) is 30.3 Å². The number of halogens is 2. The molecule has 0 aliphatic carbocycles. The first kappa shape index (κ1) is 17.3. The van der Waals surface area contributed by atoms with Gasteiger partial charge in [0.25, 0.3) is 0 Å². The zero-order valence-corrected chi connectivity index (χ0v) is 15.5. The zero-order valence-electron chi connectivity index (χ0n) is 13.1. The van der Waals surface area contributed by atoms with Crippen molar-refractivity contribution < 1.29 is 4.74 Å². The van der Waals surface area contributed by atoms with Crippen LogP contribution < -0.4 is 10.1 Å². The van der Waals surface area contributed by atoms with Gasteiger partial charge >= 0.3 is 0 Å². The Morgan fingerprint density at radius 2 is 1.68 bits per heavy atom. The number of nitrogens with one attached hydrogen (secondary N) is 1. The lowest BCUT2D eigenvalue weighted by Crippen LogP contribution is -2.35. The van der Waals surface area contributed by atoms with Gasteiger partial charge in [0.2, 0.25) is 0 Å². The maximum atomic E-state index is 5.88. The van der Waals surface area contributed by atoms with Gasteiger partial charge in [-0.2, -0.15) is 0 Å². The minimum Gasteiger partial charge on any atom is -0.488 e. The quantitative estimate of drug-likeness (QED) is 0.730. The van der Waals surface area contributed by atoms with Crippen LogP contribution in [0.25, 0.3) is 0 Å². The van der Waals surface area contributed by atoms with Gasteiger partial charge in [-0.1, -0.05) is 29.8 Å². The van der Waals surface area contributed by atoms with E-state index < -0.39 is 0 Å². The summed E-state index contributed by atoms with van der Waals surface area (Å²) in [6.07, 6.45) is 0. The second-order valence-corrected chi connectivity index (χ2v) is 7.57. The van der Waals surface area contributed by atoms with Crippen LogP contribution in [0.15, 0.2) is 46.9 Å². The van der Waals surface area contributed by atoms with Crippen molar-refractivity contribution in [1.82, 2.24) is 5.32 Å². The molecule has 0 saturated heterocycles. The summed E-state index contributed by atoms with van der Waals surface area (Å²) in [6, 6.07) is 13.9. The number of rotatable bonds is 5. The monoisotopic (exact) mass is 381 g/mol. The fourth-order valence-corrected chi connectivity index (χ4v) is 2.55. The molecule has 0 aliphatic heterocycles. The van der Waals surface area contributed by atoms with Crippen LogP contribution in [0.5, 0.6) is 5.75 Å². The van der Waals surface area contributed by atoms with Crippen LogP contribution in [0, 0.1) is 0 Å². The Morgan fingerprint density at radius 3 is 2.27 bits per heavy atom. The lowest BCUT2D eigenvalue weighted by Gasteiger charge is -2.20. The third-order valence-electron chi connectivity index (χ3n) is 3.13. The van der Waals surface area contributed by atoms with Gasteiger partial charge in [-0.05, 0) is 72.1 Å². The van der Waals surface area contributed by atoms with Gasteiger partial charge in [0.1, 0.15) is 12.4 Å². The molecular weight excluding hydrogens is 362 g/mol. The van der Waals surface area contributed by atoms with Crippen molar-refractivity contribution in [3.63, 3.8) is 0 Å². The summed E-state index contributed by atoms with van der Waals surface area (Å²) in [5.41, 5.74) is 2.42. The van der Waals surface area contributed by atoms with Crippen LogP contribution in [0.3, 0.4) is 0 Å². The minimum atomic E-state index is 0.107. The molecule has 0 radical (unpaired) electrons. The predicted octanol–water partition coefficient (Wildman–Crippen LogP) is 5.57. The highest BCUT2D eigenvalue weighted by Gasteiger charge is 2.09. The van der Waals surface area contributed by atoms with Crippen LogP contribution in [0.1, 0.15) is 31.9 Å². The van der Waals surface area contributed by atoms with Crippen LogP contribution in [-0.2, 0) is 13.2 Å². The van der Waals surface area contributed by atoms with Gasteiger partial charge < -0.3 is 10.1 Å². The summed E-state index contributed by atoms with van der Waals surface area (Å²) < 4.78 is 6.82. The standard InChI is InChI=1S/C18H21BrClNO/c1-18(2,3)21-11-14-6-9-17(16(19)10-14)22-12-13-4-7-15(20)8-5-13/h4-10,21H,11-12H2,1-3H3. The Labute approximate surface area is 146 Å². The SMILES string of the molecule is CC(C)(C)NCc1ccc(OCc2ccc(Cl)cc2)c(Br)c1. The van der Waals surface area contributed by atoms with Crippen LogP contribution in [0.4, 0.5) is 0 Å². The summed E-state index contributed by atoms with van der Waals surface area (Å²) in [6.45, 7) is 7.83. The Morgan fingerprint density at radius 1 is 1.05 bits per heavy atom. The van der Waals surface area contributed by atoms with E-state index in [2.05, 4.69) is 54.2 Å². The third-order valence-corrected chi connectivity index (χ3v) is 4.00. The Hall–Kier alpha value is -1.03. The topological polar surface area (TPSA) is 21.3 Å². The molecule has 0 heterocycles. The highest BCUT2D eigenvalue weighted by Crippen LogP contribution is 2.27. The van der Waals surface area contributed by atoms with Crippen molar-refractivity contribution in [2.45, 2.75) is 39.5 Å². The van der Waals surface area contributed by atoms with E-state index in [4.69, 9.17) is 16.3 Å². The molecule has 0 aromatic heterocycles. The fourth-order valence-electron chi connectivity index (χ4n) is 1.88. The second kappa shape index (κ2) is 7.49. The molecule has 2 rings (SSSR count). The first-order valence-corrected chi connectivity index (χ1v) is 8.41. The summed E-state index contributed by atoms with van der Waals surface area (Å²) in [5.74, 6) is 0.842. The molecule has 0 saturated carbocycles. The first-order chi connectivity index (χ1) is 10.3. The van der Waals surface area contributed by atoms with Crippen molar-refractivity contribution in [3.8, 4) is 5.75 Å². The van der Waals surface area contributed by atoms with Gasteiger partial charge in [0, 0.05) is 17.1 Å². The maximum absolute atomic E-state index is 5.88. The summed E-state index contributed by atoms with van der Waals surface area (Å²) in [4.78, 5) is 0. The molecule has 1 N–H and O–H groups in total. The molecule has 2 nitrogen and oxygen atoms in total. The smallest absolute Gasteiger partial charge is 0.134 e. The first-order valence-electron chi connectivity index (χ1n) is 7.24. The van der Waals surface area contributed by atoms with E-state index >= 15 is 0 Å². The van der Waals surface area contributed by atoms with E-state index in [-0.39, 0.29) is 5.54 Å². The Bertz CT molecular complexity index is 620. The van der Waals surface area contributed by atoms with E-state index in [1.54, 1.807) is 0 Å². The number of benzene rings is 2. The van der Waals surface area contributed by atoms with Gasteiger partial charge in [0.15, 0.2) is 0 Å². The molecule has 2 aromatic rings. The number of hydrogen-bond donors (Lipinski definition) is 1. The average molecular weight is 383 g/mol. The molecule has 4 heteroatoms. The van der Waals surface area contributed by atoms with Crippen molar-refractivity contribution in [1.29, 1.82) is 0 Å². The molecule has 0 unspecified atom stereocenters. The highest BCUT2D eigenvalue weighted by molar-refractivity contribution is 9.10. The maximum Gasteiger partial charge on any atom is 0.134 e. The van der Waals surface area contributed by atoms with Crippen molar-refractivity contribution in [2.24, 2.45) is 0 Å². The van der Waals surface area contributed by atoms with E-state index in [1.165, 1.54) is 5.56 Å². The fraction of sp³-hybridized carbons (Fsp3) is 0.333. The van der Waals surface area contributed by atoms with E-state index in [9.17, 15) is 0 Å². The minimum absolute atomic E-state index is 0.107. The normalized spacial score (nSPS) is 11.5. The summed E-state index contributed by atoms with van der Waals surface area (Å²) >= 11 is 9.46. The lowest BCUT2D eigenvalue weighted by atomic mass is 10.1. The molecule has 0 atom stereocenters. The van der Waals surface area contributed by atoms with Gasteiger partial charge in [-0.25, -0.2) is 0 Å². The molecule has 0 amide bonds. The van der Waals surface area contributed by atoms with Gasteiger partial charge in [-0.3, -0.25) is 0 Å². The largest absolute Gasteiger partial charge is 0.488 e. The van der Waals surface area contributed by atoms with E-state index in [0.29, 0.717) is 6.61 Å². The molecule has 22 heavy (non-hydrogen) atoms. The third kappa shape index (κ3) is 5.64. The van der Waals surface area contributed by atoms with Crippen LogP contribution >= 0.6 is 27.5 Å². The van der Waals surface area contributed by atoms with Crippen molar-refractivity contribution >= 4 is 27.5 Å². The summed E-state index contributed by atoms with van der Waals surface area (Å²) in [7, 11) is 0. The molecule has 2 aromatic carbocycles. The Balaban J connectivity index is 1.96. The molecule has 0 aliphatic rings. The summed E-state index contributed by atoms with van der Waals surface area (Å²) in [5, 5.41) is 4.21. The van der Waals surface area contributed by atoms with Crippen LogP contribution in [0.2, 0.25) is 5.02 Å². The van der Waals surface area contributed by atoms with Crippen LogP contribution in [-0.4, -0.2) is 5.54 Å². The predicted molar refractivity (Wildman–Crippen MR) is 96.5 cm³/mol. The van der Waals surface area contributed by atoms with E-state index in [0.717, 1.165) is 27.4 Å². The van der Waals surface area contributed by atoms with Gasteiger partial charge in [-0.15, -0.1) is 0 Å². The molecule has 118 valence electrons. The Kier molecular flexibility index (Phi) is 5.90.